The Hall–Kier alpha value is 1.50. The van der Waals surface area contributed by atoms with E-state index < -0.39 is 7.91 Å². The molecule has 0 heterocycles. The van der Waals surface area contributed by atoms with Crippen LogP contribution >= 0.6 is 7.91 Å². The third kappa shape index (κ3) is 140. The first-order chi connectivity index (χ1) is 2.00. The maximum atomic E-state index is 10.1. The van der Waals surface area contributed by atoms with Gasteiger partial charge in [-0.25, -0.2) is 4.20 Å². The van der Waals surface area contributed by atoms with Crippen molar-refractivity contribution >= 4 is 7.91 Å². The fourth-order valence-electron chi connectivity index (χ4n) is 0. The van der Waals surface area contributed by atoms with E-state index in [1.54, 1.807) is 0 Å². The van der Waals surface area contributed by atoms with Crippen molar-refractivity contribution in [1.82, 2.24) is 0 Å². The third-order valence-electron chi connectivity index (χ3n) is 0. The maximum absolute atomic E-state index is 10.1. The average molecular weight is 199 g/mol. The molecule has 8 heteroatoms. The fraction of sp³-hybridized carbons (Fsp3) is 0. The molecule has 0 saturated heterocycles. The molecule has 0 aliphatic carbocycles. The van der Waals surface area contributed by atoms with Crippen molar-refractivity contribution in [3.63, 3.8) is 0 Å². The van der Waals surface area contributed by atoms with Gasteiger partial charge in [0, 0.05) is 0 Å². The minimum Gasteiger partial charge on any atom is -1.00 e. The van der Waals surface area contributed by atoms with Crippen molar-refractivity contribution in [3.8, 4) is 0 Å². The molecule has 0 amide bonds. The van der Waals surface area contributed by atoms with Crippen LogP contribution in [0.2, 0.25) is 0 Å². The van der Waals surface area contributed by atoms with Crippen LogP contribution in [-0.2, 0) is 21.1 Å². The molecule has 0 aliphatic rings. The Balaban J connectivity index is -0.0000000267. The molecule has 0 aromatic carbocycles. The molecule has 0 fully saturated rings. The topological polar surface area (TPSA) is 63.2 Å². The molecule has 0 saturated carbocycles. The second-order valence-electron chi connectivity index (χ2n) is 0.431. The zero-order chi connectivity index (χ0) is 4.50. The van der Waals surface area contributed by atoms with Gasteiger partial charge in [0.1, 0.15) is 7.91 Å². The Kier molecular flexibility index (Phi) is 24.1. The van der Waals surface area contributed by atoms with E-state index in [1.165, 1.54) is 0 Å². The van der Waals surface area contributed by atoms with Gasteiger partial charge in [-0.15, -0.1) is 0 Å². The van der Waals surface area contributed by atoms with Gasteiger partial charge in [0.05, 0.1) is 0 Å². The Morgan fingerprint density at radius 2 is 1.38 bits per heavy atom. The first-order valence-corrected chi connectivity index (χ1v) is 2.15. The van der Waals surface area contributed by atoms with Crippen LogP contribution in [-0.4, -0.2) is 0 Å². The van der Waals surface area contributed by atoms with Crippen molar-refractivity contribution < 1.29 is 69.3 Å². The minimum atomic E-state index is -5.64. The zero-order valence-corrected chi connectivity index (χ0v) is 7.63. The molecule has 0 unspecified atom stereocenters. The maximum Gasteiger partial charge on any atom is 2.00 e. The molecule has 0 radical (unpaired) electrons. The van der Waals surface area contributed by atoms with E-state index in [0.29, 0.717) is 0 Å². The average Bonchev–Trinajstić information content (AvgIpc) is 0.722. The predicted octanol–water partition coefficient (Wildman–Crippen LogP) is -7.21. The van der Waals surface area contributed by atoms with E-state index in [9.17, 15) is 4.20 Å². The van der Waals surface area contributed by atoms with Crippen LogP contribution in [0.3, 0.4) is 0 Å². The molecule has 0 aromatic heterocycles. The molecular weight excluding hydrogens is 199 g/mol. The Labute approximate surface area is 76.9 Å². The predicted molar refractivity (Wildman–Crippen MR) is 8.71 cm³/mol. The van der Waals surface area contributed by atoms with Gasteiger partial charge in [0.25, 0.3) is 0 Å². The number of rotatable bonds is 0. The second kappa shape index (κ2) is 8.50. The van der Waals surface area contributed by atoms with E-state index >= 15 is 0 Å². The van der Waals surface area contributed by atoms with Crippen LogP contribution in [0.1, 0.15) is 0 Å². The quantitative estimate of drug-likeness (QED) is 0.287. The first kappa shape index (κ1) is 22.7. The van der Waals surface area contributed by atoms with Crippen LogP contribution in [0, 0.1) is 0 Å². The van der Waals surface area contributed by atoms with Gasteiger partial charge in [0.15, 0.2) is 0 Å². The van der Waals surface area contributed by atoms with Crippen LogP contribution in [0.5, 0.6) is 0 Å². The largest absolute Gasteiger partial charge is 2.00 e. The van der Waals surface area contributed by atoms with Gasteiger partial charge in [0.2, 0.25) is 0 Å². The van der Waals surface area contributed by atoms with Crippen molar-refractivity contribution in [2.45, 2.75) is 0 Å². The molecule has 0 aliphatic heterocycles. The summed E-state index contributed by atoms with van der Waals surface area (Å²) in [5.74, 6) is 0. The molecule has 0 spiro atoms. The summed E-state index contributed by atoms with van der Waals surface area (Å²) in [6.45, 7) is 0. The molecular formula is F2NaNiO3P. The van der Waals surface area contributed by atoms with Gasteiger partial charge < -0.3 is 19.1 Å². The van der Waals surface area contributed by atoms with Gasteiger partial charge in [-0.1, -0.05) is 0 Å². The molecule has 8 heavy (non-hydrogen) atoms. The van der Waals surface area contributed by atoms with E-state index in [4.69, 9.17) is 14.4 Å². The summed E-state index contributed by atoms with van der Waals surface area (Å²) in [5.41, 5.74) is 0. The van der Waals surface area contributed by atoms with Gasteiger partial charge in [-0.3, -0.25) is 0 Å². The summed E-state index contributed by atoms with van der Waals surface area (Å²) in [5, 5.41) is 0. The molecule has 0 bridgehead atoms. The molecule has 0 rings (SSSR count). The number of hydrogen-bond acceptors (Lipinski definition) is 3. The van der Waals surface area contributed by atoms with E-state index in [-0.39, 0.29) is 50.8 Å². The summed E-state index contributed by atoms with van der Waals surface area (Å²) in [4.78, 5) is 16.9. The van der Waals surface area contributed by atoms with Crippen molar-refractivity contribution in [2.75, 3.05) is 0 Å². The second-order valence-corrected chi connectivity index (χ2v) is 1.29. The molecule has 48 valence electrons. The van der Waals surface area contributed by atoms with E-state index in [2.05, 4.69) is 0 Å². The van der Waals surface area contributed by atoms with Crippen molar-refractivity contribution in [3.05, 3.63) is 0 Å². The molecule has 0 atom stereocenters. The zero-order valence-electron chi connectivity index (χ0n) is 3.74. The van der Waals surface area contributed by atoms with Crippen molar-refractivity contribution in [2.24, 2.45) is 0 Å². The Morgan fingerprint density at radius 3 is 1.38 bits per heavy atom. The standard InChI is InChI=1S/FH2O3P.FH.Na.Ni/c1-5(2,3)4;;;/h(H2,2,3,4);1H;;/q;;+1;+2/p-3. The summed E-state index contributed by atoms with van der Waals surface area (Å²) < 4.78 is 18.6. The third-order valence-corrected chi connectivity index (χ3v) is 0. The van der Waals surface area contributed by atoms with E-state index in [0.717, 1.165) is 0 Å². The van der Waals surface area contributed by atoms with Gasteiger partial charge in [-0.05, 0) is 0 Å². The number of hydrogen-bond donors (Lipinski definition) is 0. The SMILES string of the molecule is O=P([O-])([O-])F.[F-].[Na+].[Ni+2]. The van der Waals surface area contributed by atoms with Gasteiger partial charge in [-0.2, -0.15) is 0 Å². The molecule has 0 aromatic rings. The van der Waals surface area contributed by atoms with Crippen LogP contribution in [0.4, 0.5) is 4.20 Å². The first-order valence-electron chi connectivity index (χ1n) is 0.717. The Morgan fingerprint density at radius 1 is 1.38 bits per heavy atom. The minimum absolute atomic E-state index is 0. The Bertz CT molecular complexity index is 63.4. The van der Waals surface area contributed by atoms with Gasteiger partial charge >= 0.3 is 46.0 Å². The number of halogens is 2. The summed E-state index contributed by atoms with van der Waals surface area (Å²) in [6.07, 6.45) is 0. The fourth-order valence-corrected chi connectivity index (χ4v) is 0. The van der Waals surface area contributed by atoms with Crippen molar-refractivity contribution in [1.29, 1.82) is 0 Å². The monoisotopic (exact) mass is 198 g/mol. The summed E-state index contributed by atoms with van der Waals surface area (Å²) in [7, 11) is -5.64. The van der Waals surface area contributed by atoms with Crippen LogP contribution < -0.4 is 44.0 Å². The summed E-state index contributed by atoms with van der Waals surface area (Å²) >= 11 is 0. The van der Waals surface area contributed by atoms with E-state index in [1.807, 2.05) is 0 Å². The summed E-state index contributed by atoms with van der Waals surface area (Å²) in [6, 6.07) is 0. The smallest absolute Gasteiger partial charge is 1.00 e. The molecule has 3 nitrogen and oxygen atoms in total. The van der Waals surface area contributed by atoms with Crippen LogP contribution in [0.25, 0.3) is 0 Å². The van der Waals surface area contributed by atoms with Crippen LogP contribution in [0.15, 0.2) is 0 Å². The molecule has 0 N–H and O–H groups in total. The normalized spacial score (nSPS) is 7.38.